The maximum Gasteiger partial charge on any atom is 0.240 e. The monoisotopic (exact) mass is 427 g/mol. The van der Waals surface area contributed by atoms with Gasteiger partial charge in [0, 0.05) is 32.3 Å². The second kappa shape index (κ2) is 8.48. The van der Waals surface area contributed by atoms with E-state index in [1.807, 2.05) is 32.9 Å². The number of hydrogen-bond donors (Lipinski definition) is 2. The van der Waals surface area contributed by atoms with Crippen LogP contribution in [0, 0.1) is 0 Å². The van der Waals surface area contributed by atoms with Crippen molar-refractivity contribution in [2.24, 2.45) is 0 Å². The van der Waals surface area contributed by atoms with Crippen molar-refractivity contribution in [3.8, 4) is 0 Å². The standard InChI is InChI=1S/C20H27Cl2N3OS/c1-19(2,3)17-15(9-12-7-8-13(21)10-14(12)22)27-18(25-17)24-16(26)11-23-20(4,5)6/h7-8,10,23H,9,11H2,1-6H3,(H,24,25,26). The van der Waals surface area contributed by atoms with Gasteiger partial charge >= 0.3 is 0 Å². The van der Waals surface area contributed by atoms with Crippen molar-refractivity contribution in [3.05, 3.63) is 44.4 Å². The second-order valence-electron chi connectivity index (χ2n) is 8.61. The van der Waals surface area contributed by atoms with E-state index in [1.165, 1.54) is 11.3 Å². The van der Waals surface area contributed by atoms with Crippen LogP contribution < -0.4 is 10.6 Å². The predicted octanol–water partition coefficient (Wildman–Crippen LogP) is 5.66. The van der Waals surface area contributed by atoms with Crippen molar-refractivity contribution >= 4 is 45.6 Å². The van der Waals surface area contributed by atoms with E-state index in [0.717, 1.165) is 16.1 Å². The molecule has 1 heterocycles. The lowest BCUT2D eigenvalue weighted by atomic mass is 9.90. The fraction of sp³-hybridized carbons (Fsp3) is 0.500. The largest absolute Gasteiger partial charge is 0.304 e. The van der Waals surface area contributed by atoms with Crippen LogP contribution in [-0.4, -0.2) is 23.0 Å². The molecular weight excluding hydrogens is 401 g/mol. The fourth-order valence-electron chi connectivity index (χ4n) is 2.46. The highest BCUT2D eigenvalue weighted by Gasteiger charge is 2.24. The molecule has 0 saturated carbocycles. The molecule has 7 heteroatoms. The molecule has 0 fully saturated rings. The van der Waals surface area contributed by atoms with Gasteiger partial charge < -0.3 is 10.6 Å². The van der Waals surface area contributed by atoms with E-state index < -0.39 is 0 Å². The SMILES string of the molecule is CC(C)(C)NCC(=O)Nc1nc(C(C)(C)C)c(Cc2ccc(Cl)cc2Cl)s1. The lowest BCUT2D eigenvalue weighted by Crippen LogP contribution is -2.41. The smallest absolute Gasteiger partial charge is 0.240 e. The van der Waals surface area contributed by atoms with Gasteiger partial charge in [-0.15, -0.1) is 11.3 Å². The van der Waals surface area contributed by atoms with Gasteiger partial charge in [-0.25, -0.2) is 4.98 Å². The molecule has 27 heavy (non-hydrogen) atoms. The first-order valence-electron chi connectivity index (χ1n) is 8.84. The molecule has 0 saturated heterocycles. The number of aromatic nitrogens is 1. The number of rotatable bonds is 5. The molecule has 0 atom stereocenters. The number of hydrogen-bond acceptors (Lipinski definition) is 4. The first-order chi connectivity index (χ1) is 12.3. The van der Waals surface area contributed by atoms with E-state index in [4.69, 9.17) is 28.2 Å². The molecule has 2 N–H and O–H groups in total. The normalized spacial score (nSPS) is 12.3. The van der Waals surface area contributed by atoms with Crippen LogP contribution in [0.3, 0.4) is 0 Å². The summed E-state index contributed by atoms with van der Waals surface area (Å²) in [6, 6.07) is 5.51. The van der Waals surface area contributed by atoms with E-state index in [2.05, 4.69) is 31.4 Å². The minimum Gasteiger partial charge on any atom is -0.304 e. The van der Waals surface area contributed by atoms with Crippen molar-refractivity contribution in [2.45, 2.75) is 58.9 Å². The highest BCUT2D eigenvalue weighted by atomic mass is 35.5. The molecule has 2 aromatic rings. The first kappa shape index (κ1) is 22.2. The molecule has 0 aliphatic rings. The summed E-state index contributed by atoms with van der Waals surface area (Å²) < 4.78 is 0. The molecule has 0 radical (unpaired) electrons. The van der Waals surface area contributed by atoms with Crippen molar-refractivity contribution < 1.29 is 4.79 Å². The van der Waals surface area contributed by atoms with Crippen LogP contribution in [0.1, 0.15) is 57.7 Å². The quantitative estimate of drug-likeness (QED) is 0.646. The number of benzene rings is 1. The third kappa shape index (κ3) is 6.75. The summed E-state index contributed by atoms with van der Waals surface area (Å²) in [5.41, 5.74) is 1.70. The van der Waals surface area contributed by atoms with Crippen molar-refractivity contribution in [3.63, 3.8) is 0 Å². The zero-order valence-electron chi connectivity index (χ0n) is 16.7. The lowest BCUT2D eigenvalue weighted by Gasteiger charge is -2.19. The Labute approximate surface area is 175 Å². The number of nitrogens with one attached hydrogen (secondary N) is 2. The average Bonchev–Trinajstić information content (AvgIpc) is 2.90. The third-order valence-corrected chi connectivity index (χ3v) is 5.36. The third-order valence-electron chi connectivity index (χ3n) is 3.80. The van der Waals surface area contributed by atoms with Crippen molar-refractivity contribution in [1.29, 1.82) is 0 Å². The van der Waals surface area contributed by atoms with Crippen molar-refractivity contribution in [2.75, 3.05) is 11.9 Å². The molecule has 1 aromatic heterocycles. The van der Waals surface area contributed by atoms with E-state index in [-0.39, 0.29) is 23.4 Å². The number of carbonyl (C=O) groups is 1. The van der Waals surface area contributed by atoms with Gasteiger partial charge in [0.15, 0.2) is 5.13 Å². The molecule has 0 aliphatic carbocycles. The molecule has 148 valence electrons. The number of halogens is 2. The van der Waals surface area contributed by atoms with E-state index >= 15 is 0 Å². The van der Waals surface area contributed by atoms with Gasteiger partial charge in [-0.05, 0) is 38.5 Å². The number of nitrogens with zero attached hydrogens (tertiary/aromatic N) is 1. The van der Waals surface area contributed by atoms with Gasteiger partial charge in [0.25, 0.3) is 0 Å². The zero-order chi connectivity index (χ0) is 20.4. The molecule has 0 spiro atoms. The van der Waals surface area contributed by atoms with E-state index in [9.17, 15) is 4.79 Å². The van der Waals surface area contributed by atoms with E-state index in [1.54, 1.807) is 6.07 Å². The minimum absolute atomic E-state index is 0.102. The maximum atomic E-state index is 12.2. The summed E-state index contributed by atoms with van der Waals surface area (Å²) in [5, 5.41) is 7.95. The summed E-state index contributed by atoms with van der Waals surface area (Å²) in [5.74, 6) is -0.102. The van der Waals surface area contributed by atoms with Crippen LogP contribution >= 0.6 is 34.5 Å². The molecule has 0 aliphatic heterocycles. The van der Waals surface area contributed by atoms with Gasteiger partial charge in [-0.3, -0.25) is 4.79 Å². The van der Waals surface area contributed by atoms with E-state index in [0.29, 0.717) is 21.6 Å². The summed E-state index contributed by atoms with van der Waals surface area (Å²) >= 11 is 13.8. The number of thiazole rings is 1. The predicted molar refractivity (Wildman–Crippen MR) is 116 cm³/mol. The first-order valence-corrected chi connectivity index (χ1v) is 10.4. The Bertz CT molecular complexity index is 820. The molecule has 2 rings (SSSR count). The number of amides is 1. The Hall–Kier alpha value is -1.14. The zero-order valence-corrected chi connectivity index (χ0v) is 19.0. The lowest BCUT2D eigenvalue weighted by molar-refractivity contribution is -0.115. The minimum atomic E-state index is -0.141. The average molecular weight is 428 g/mol. The topological polar surface area (TPSA) is 54.0 Å². The van der Waals surface area contributed by atoms with Gasteiger partial charge in [0.1, 0.15) is 0 Å². The van der Waals surface area contributed by atoms with Gasteiger partial charge in [0.05, 0.1) is 12.2 Å². The Morgan fingerprint density at radius 3 is 2.37 bits per heavy atom. The highest BCUT2D eigenvalue weighted by Crippen LogP contribution is 2.35. The molecule has 1 aromatic carbocycles. The van der Waals surface area contributed by atoms with Crippen LogP contribution in [0.25, 0.3) is 0 Å². The Morgan fingerprint density at radius 2 is 1.81 bits per heavy atom. The highest BCUT2D eigenvalue weighted by molar-refractivity contribution is 7.15. The Morgan fingerprint density at radius 1 is 1.15 bits per heavy atom. The van der Waals surface area contributed by atoms with Crippen molar-refractivity contribution in [1.82, 2.24) is 10.3 Å². The van der Waals surface area contributed by atoms with Gasteiger partial charge in [-0.1, -0.05) is 50.0 Å². The summed E-state index contributed by atoms with van der Waals surface area (Å²) in [7, 11) is 0. The summed E-state index contributed by atoms with van der Waals surface area (Å²) in [6.07, 6.45) is 0.649. The summed E-state index contributed by atoms with van der Waals surface area (Å²) in [4.78, 5) is 18.0. The Kier molecular flexibility index (Phi) is 6.96. The van der Waals surface area contributed by atoms with Crippen LogP contribution in [-0.2, 0) is 16.6 Å². The van der Waals surface area contributed by atoms with Crippen LogP contribution in [0.15, 0.2) is 18.2 Å². The van der Waals surface area contributed by atoms with Gasteiger partial charge in [0.2, 0.25) is 5.91 Å². The Balaban J connectivity index is 2.23. The van der Waals surface area contributed by atoms with Crippen LogP contribution in [0.5, 0.6) is 0 Å². The number of carbonyl (C=O) groups excluding carboxylic acids is 1. The van der Waals surface area contributed by atoms with Crippen LogP contribution in [0.2, 0.25) is 10.0 Å². The fourth-order valence-corrected chi connectivity index (χ4v) is 4.14. The molecular formula is C20H27Cl2N3OS. The molecule has 0 unspecified atom stereocenters. The molecule has 1 amide bonds. The molecule has 4 nitrogen and oxygen atoms in total. The summed E-state index contributed by atoms with van der Waals surface area (Å²) in [6.45, 7) is 12.7. The second-order valence-corrected chi connectivity index (χ2v) is 10.5. The maximum absolute atomic E-state index is 12.2. The van der Waals surface area contributed by atoms with Crippen LogP contribution in [0.4, 0.5) is 5.13 Å². The van der Waals surface area contributed by atoms with Gasteiger partial charge in [-0.2, -0.15) is 0 Å². The molecule has 0 bridgehead atoms. The number of anilines is 1.